The van der Waals surface area contributed by atoms with Gasteiger partial charge in [0.1, 0.15) is 12.2 Å². The molecule has 0 aromatic heterocycles. The van der Waals surface area contributed by atoms with E-state index in [0.717, 1.165) is 16.7 Å². The van der Waals surface area contributed by atoms with Crippen LogP contribution in [0.5, 0.6) is 0 Å². The lowest BCUT2D eigenvalue weighted by molar-refractivity contribution is -0.233. The van der Waals surface area contributed by atoms with Gasteiger partial charge in [0.25, 0.3) is 12.0 Å². The Labute approximate surface area is 254 Å². The zero-order valence-electron chi connectivity index (χ0n) is 24.0. The molecule has 0 radical (unpaired) electrons. The SMILES string of the molecule is FC(F)=C1[C@H](OCc2ccccc2)[C@@H](OCc2ccccc2)[C@H](OCc2ccccc2)[C@H](COCc2ccccc2)C1(F)F. The van der Waals surface area contributed by atoms with E-state index >= 15 is 8.78 Å². The zero-order chi connectivity index (χ0) is 30.8. The standard InChI is InChI=1S/C36H34F4O4/c37-35(38)31-33(43-23-28-17-9-3-10-18-28)34(44-24-29-19-11-4-12-20-29)32(42-22-27-15-7-2-8-16-27)30(36(31,39)40)25-41-21-26-13-5-1-6-14-26/h1-20,30,32-34H,21-25H2/t30-,32+,33-,34-/m0/s1. The number of rotatable bonds is 13. The van der Waals surface area contributed by atoms with Crippen molar-refractivity contribution in [2.24, 2.45) is 5.92 Å². The molecule has 1 aliphatic carbocycles. The number of alkyl halides is 2. The van der Waals surface area contributed by atoms with E-state index in [0.29, 0.717) is 5.56 Å². The van der Waals surface area contributed by atoms with Crippen molar-refractivity contribution in [3.05, 3.63) is 155 Å². The first kappa shape index (κ1) is 31.6. The Morgan fingerprint density at radius 1 is 0.523 bits per heavy atom. The fraction of sp³-hybridized carbons (Fsp3) is 0.278. The van der Waals surface area contributed by atoms with Crippen LogP contribution >= 0.6 is 0 Å². The van der Waals surface area contributed by atoms with Gasteiger partial charge in [-0.3, -0.25) is 0 Å². The lowest BCUT2D eigenvalue weighted by Gasteiger charge is -2.47. The molecule has 5 rings (SSSR count). The Morgan fingerprint density at radius 3 is 1.34 bits per heavy atom. The van der Waals surface area contributed by atoms with Crippen LogP contribution in [0.4, 0.5) is 17.6 Å². The third-order valence-electron chi connectivity index (χ3n) is 7.58. The predicted octanol–water partition coefficient (Wildman–Crippen LogP) is 8.38. The summed E-state index contributed by atoms with van der Waals surface area (Å²) in [5, 5.41) is 0. The quantitative estimate of drug-likeness (QED) is 0.143. The lowest BCUT2D eigenvalue weighted by Crippen LogP contribution is -2.61. The summed E-state index contributed by atoms with van der Waals surface area (Å²) in [5.41, 5.74) is 1.49. The molecule has 44 heavy (non-hydrogen) atoms. The van der Waals surface area contributed by atoms with Gasteiger partial charge in [-0.15, -0.1) is 0 Å². The first-order valence-electron chi connectivity index (χ1n) is 14.4. The van der Waals surface area contributed by atoms with Crippen molar-refractivity contribution in [1.29, 1.82) is 0 Å². The Morgan fingerprint density at radius 2 is 0.909 bits per heavy atom. The third kappa shape index (κ3) is 8.01. The largest absolute Gasteiger partial charge is 0.376 e. The first-order chi connectivity index (χ1) is 21.4. The van der Waals surface area contributed by atoms with Crippen LogP contribution in [0.25, 0.3) is 0 Å². The molecule has 0 bridgehead atoms. The van der Waals surface area contributed by atoms with E-state index in [1.165, 1.54) is 0 Å². The van der Waals surface area contributed by atoms with E-state index in [-0.39, 0.29) is 26.4 Å². The average Bonchev–Trinajstić information content (AvgIpc) is 3.04. The Hall–Kier alpha value is -3.82. The fourth-order valence-corrected chi connectivity index (χ4v) is 5.34. The van der Waals surface area contributed by atoms with Crippen molar-refractivity contribution in [2.75, 3.05) is 6.61 Å². The molecule has 4 aromatic rings. The smallest absolute Gasteiger partial charge is 0.284 e. The lowest BCUT2D eigenvalue weighted by atomic mass is 9.76. The molecule has 4 atom stereocenters. The van der Waals surface area contributed by atoms with Crippen molar-refractivity contribution in [2.45, 2.75) is 50.7 Å². The van der Waals surface area contributed by atoms with Crippen LogP contribution in [0.1, 0.15) is 22.3 Å². The van der Waals surface area contributed by atoms with Gasteiger partial charge in [0, 0.05) is 0 Å². The Bertz CT molecular complexity index is 1450. The molecule has 0 saturated heterocycles. The van der Waals surface area contributed by atoms with Crippen molar-refractivity contribution >= 4 is 0 Å². The highest BCUT2D eigenvalue weighted by Crippen LogP contribution is 2.48. The maximum atomic E-state index is 16.4. The van der Waals surface area contributed by atoms with Crippen LogP contribution in [-0.4, -0.2) is 30.8 Å². The molecule has 1 aliphatic rings. The van der Waals surface area contributed by atoms with Gasteiger partial charge in [-0.25, -0.2) is 8.78 Å². The predicted molar refractivity (Wildman–Crippen MR) is 159 cm³/mol. The van der Waals surface area contributed by atoms with Crippen LogP contribution in [-0.2, 0) is 45.4 Å². The van der Waals surface area contributed by atoms with Crippen molar-refractivity contribution < 1.29 is 36.5 Å². The molecule has 0 spiro atoms. The molecular formula is C36H34F4O4. The second-order valence-corrected chi connectivity index (χ2v) is 10.6. The van der Waals surface area contributed by atoms with E-state index in [1.54, 1.807) is 66.7 Å². The summed E-state index contributed by atoms with van der Waals surface area (Å²) in [7, 11) is 0. The molecule has 0 aliphatic heterocycles. The topological polar surface area (TPSA) is 36.9 Å². The minimum absolute atomic E-state index is 0.0216. The van der Waals surface area contributed by atoms with Gasteiger partial charge < -0.3 is 18.9 Å². The highest BCUT2D eigenvalue weighted by Gasteiger charge is 2.62. The van der Waals surface area contributed by atoms with Gasteiger partial charge in [0.15, 0.2) is 0 Å². The minimum atomic E-state index is -4.02. The summed E-state index contributed by atoms with van der Waals surface area (Å²) in [5.74, 6) is -5.81. The van der Waals surface area contributed by atoms with Crippen molar-refractivity contribution in [1.82, 2.24) is 0 Å². The highest BCUT2D eigenvalue weighted by atomic mass is 19.3. The molecule has 0 N–H and O–H groups in total. The third-order valence-corrected chi connectivity index (χ3v) is 7.58. The van der Waals surface area contributed by atoms with Crippen LogP contribution in [0.3, 0.4) is 0 Å². The second-order valence-electron chi connectivity index (χ2n) is 10.6. The van der Waals surface area contributed by atoms with Gasteiger partial charge in [0.2, 0.25) is 0 Å². The molecule has 4 nitrogen and oxygen atoms in total. The summed E-state index contributed by atoms with van der Waals surface area (Å²) < 4.78 is 86.1. The Kier molecular flexibility index (Phi) is 11.0. The Balaban J connectivity index is 1.50. The summed E-state index contributed by atoms with van der Waals surface area (Å²) in [6, 6.07) is 36.0. The van der Waals surface area contributed by atoms with Crippen LogP contribution in [0.15, 0.2) is 133 Å². The second kappa shape index (κ2) is 15.3. The van der Waals surface area contributed by atoms with Crippen molar-refractivity contribution in [3.63, 3.8) is 0 Å². The monoisotopic (exact) mass is 606 g/mol. The average molecular weight is 607 g/mol. The van der Waals surface area contributed by atoms with E-state index in [4.69, 9.17) is 18.9 Å². The molecule has 230 valence electrons. The van der Waals surface area contributed by atoms with E-state index in [1.807, 2.05) is 54.6 Å². The number of hydrogen-bond acceptors (Lipinski definition) is 4. The molecule has 0 unspecified atom stereocenters. The number of benzene rings is 4. The van der Waals surface area contributed by atoms with Crippen molar-refractivity contribution in [3.8, 4) is 0 Å². The van der Waals surface area contributed by atoms with Gasteiger partial charge in [-0.05, 0) is 22.3 Å². The van der Waals surface area contributed by atoms with Gasteiger partial charge in [-0.1, -0.05) is 121 Å². The highest BCUT2D eigenvalue weighted by molar-refractivity contribution is 5.29. The van der Waals surface area contributed by atoms with E-state index in [9.17, 15) is 8.78 Å². The molecular weight excluding hydrogens is 572 g/mol. The first-order valence-corrected chi connectivity index (χ1v) is 14.4. The van der Waals surface area contributed by atoms with Gasteiger partial charge in [0.05, 0.1) is 50.6 Å². The van der Waals surface area contributed by atoms with E-state index in [2.05, 4.69) is 0 Å². The molecule has 0 heterocycles. The summed E-state index contributed by atoms with van der Waals surface area (Å²) in [4.78, 5) is 0. The summed E-state index contributed by atoms with van der Waals surface area (Å²) >= 11 is 0. The maximum absolute atomic E-state index is 16.4. The summed E-state index contributed by atoms with van der Waals surface area (Å²) in [6.45, 7) is -0.755. The number of halogens is 4. The van der Waals surface area contributed by atoms with Crippen LogP contribution in [0, 0.1) is 5.92 Å². The fourth-order valence-electron chi connectivity index (χ4n) is 5.34. The number of ether oxygens (including phenoxy) is 4. The van der Waals surface area contributed by atoms with Crippen LogP contribution in [0.2, 0.25) is 0 Å². The minimum Gasteiger partial charge on any atom is -0.376 e. The molecule has 0 amide bonds. The molecule has 4 aromatic carbocycles. The van der Waals surface area contributed by atoms with Gasteiger partial charge in [-0.2, -0.15) is 8.78 Å². The number of hydrogen-bond donors (Lipinski definition) is 0. The summed E-state index contributed by atoms with van der Waals surface area (Å²) in [6.07, 6.45) is -6.95. The zero-order valence-corrected chi connectivity index (χ0v) is 24.0. The normalized spacial score (nSPS) is 21.2. The molecule has 1 saturated carbocycles. The van der Waals surface area contributed by atoms with E-state index < -0.39 is 48.4 Å². The molecule has 8 heteroatoms. The molecule has 1 fully saturated rings. The van der Waals surface area contributed by atoms with Gasteiger partial charge >= 0.3 is 0 Å². The maximum Gasteiger partial charge on any atom is 0.284 e. The van der Waals surface area contributed by atoms with Crippen LogP contribution < -0.4 is 0 Å².